The number of carbonyl (C=O) groups excluding carboxylic acids is 2. The lowest BCUT2D eigenvalue weighted by atomic mass is 9.82. The highest BCUT2D eigenvalue weighted by Gasteiger charge is 2.43. The quantitative estimate of drug-likeness (QED) is 0.306. The number of hydrogen-bond donors (Lipinski definition) is 2. The van der Waals surface area contributed by atoms with Gasteiger partial charge in [0, 0.05) is 31.1 Å². The molecule has 42 heavy (non-hydrogen) atoms. The number of amides is 3. The van der Waals surface area contributed by atoms with E-state index in [1.165, 1.54) is 11.1 Å². The summed E-state index contributed by atoms with van der Waals surface area (Å²) in [6, 6.07) is 22.6. The highest BCUT2D eigenvalue weighted by atomic mass is 16.5. The molecule has 3 aromatic carbocycles. The Morgan fingerprint density at radius 2 is 1.71 bits per heavy atom. The summed E-state index contributed by atoms with van der Waals surface area (Å²) in [6.45, 7) is 12.4. The molecule has 0 radical (unpaired) electrons. The second-order valence-corrected chi connectivity index (χ2v) is 13.8. The molecule has 222 valence electrons. The predicted octanol–water partition coefficient (Wildman–Crippen LogP) is 7.06. The normalized spacial score (nSPS) is 18.2. The number of carbonyl (C=O) groups is 2. The number of benzene rings is 3. The minimum atomic E-state index is -0.325. The molecule has 6 heteroatoms. The summed E-state index contributed by atoms with van der Waals surface area (Å²) in [6.07, 6.45) is 2.51. The van der Waals surface area contributed by atoms with Crippen LogP contribution < -0.4 is 15.4 Å². The van der Waals surface area contributed by atoms with E-state index in [-0.39, 0.29) is 28.8 Å². The number of nitrogens with zero attached hydrogens (tertiary/aromatic N) is 1. The maximum Gasteiger partial charge on any atom is 0.318 e. The Balaban J connectivity index is 1.37. The van der Waals surface area contributed by atoms with Gasteiger partial charge in [-0.3, -0.25) is 4.79 Å². The van der Waals surface area contributed by atoms with Gasteiger partial charge >= 0.3 is 6.03 Å². The molecule has 2 aliphatic rings. The van der Waals surface area contributed by atoms with Crippen LogP contribution in [0.15, 0.2) is 66.7 Å². The van der Waals surface area contributed by atoms with Crippen molar-refractivity contribution in [3.8, 4) is 16.9 Å². The van der Waals surface area contributed by atoms with Crippen molar-refractivity contribution < 1.29 is 14.3 Å². The number of hydrogen-bond acceptors (Lipinski definition) is 3. The van der Waals surface area contributed by atoms with Crippen LogP contribution in [0.25, 0.3) is 11.1 Å². The Hall–Kier alpha value is -3.80. The van der Waals surface area contributed by atoms with Crippen molar-refractivity contribution in [2.45, 2.75) is 78.4 Å². The van der Waals surface area contributed by atoms with Crippen molar-refractivity contribution in [2.24, 2.45) is 11.3 Å². The summed E-state index contributed by atoms with van der Waals surface area (Å²) in [7, 11) is 1.68. The summed E-state index contributed by atoms with van der Waals surface area (Å²) < 4.78 is 5.50. The van der Waals surface area contributed by atoms with Crippen molar-refractivity contribution in [1.29, 1.82) is 0 Å². The van der Waals surface area contributed by atoms with Crippen molar-refractivity contribution in [1.82, 2.24) is 15.5 Å². The maximum absolute atomic E-state index is 13.5. The van der Waals surface area contributed by atoms with Crippen LogP contribution in [-0.2, 0) is 24.3 Å². The van der Waals surface area contributed by atoms with E-state index in [9.17, 15) is 9.59 Å². The molecule has 2 atom stereocenters. The van der Waals surface area contributed by atoms with Gasteiger partial charge in [0.2, 0.25) is 5.91 Å². The fourth-order valence-electron chi connectivity index (χ4n) is 6.75. The van der Waals surface area contributed by atoms with Crippen LogP contribution in [0.1, 0.15) is 75.6 Å². The van der Waals surface area contributed by atoms with Crippen molar-refractivity contribution in [3.63, 3.8) is 0 Å². The van der Waals surface area contributed by atoms with Gasteiger partial charge in [0.25, 0.3) is 0 Å². The number of methoxy groups -OCH3 is 1. The van der Waals surface area contributed by atoms with Gasteiger partial charge in [0.1, 0.15) is 5.75 Å². The average Bonchev–Trinajstić information content (AvgIpc) is 3.75. The van der Waals surface area contributed by atoms with E-state index in [0.29, 0.717) is 25.6 Å². The van der Waals surface area contributed by atoms with E-state index in [4.69, 9.17) is 4.74 Å². The molecule has 1 fully saturated rings. The molecule has 0 bridgehead atoms. The topological polar surface area (TPSA) is 70.7 Å². The molecule has 0 aromatic heterocycles. The number of ether oxygens (including phenoxy) is 1. The Kier molecular flexibility index (Phi) is 8.36. The average molecular weight is 568 g/mol. The first kappa shape index (κ1) is 29.7. The van der Waals surface area contributed by atoms with Crippen molar-refractivity contribution in [2.75, 3.05) is 13.7 Å². The van der Waals surface area contributed by atoms with Gasteiger partial charge in [-0.25, -0.2) is 4.79 Å². The van der Waals surface area contributed by atoms with Crippen LogP contribution in [0.5, 0.6) is 5.75 Å². The summed E-state index contributed by atoms with van der Waals surface area (Å²) >= 11 is 0. The minimum absolute atomic E-state index is 0.0200. The summed E-state index contributed by atoms with van der Waals surface area (Å²) in [5, 5.41) is 6.51. The predicted molar refractivity (Wildman–Crippen MR) is 168 cm³/mol. The number of nitrogens with one attached hydrogen (secondary N) is 2. The monoisotopic (exact) mass is 567 g/mol. The van der Waals surface area contributed by atoms with Gasteiger partial charge in [0.15, 0.2) is 0 Å². The SMILES string of the molecule is COc1cccc(-c2ccc(CNC(=O)C3CC3c3ccccc3)c3c2CCN(C(=O)NC(C)(C)CC(C)(C)C)C3)c1. The highest BCUT2D eigenvalue weighted by Crippen LogP contribution is 2.47. The fraction of sp³-hybridized carbons (Fsp3) is 0.444. The van der Waals surface area contributed by atoms with Gasteiger partial charge in [-0.2, -0.15) is 0 Å². The molecule has 6 nitrogen and oxygen atoms in total. The first-order chi connectivity index (χ1) is 19.9. The molecule has 1 heterocycles. The lowest BCUT2D eigenvalue weighted by Gasteiger charge is -2.37. The van der Waals surface area contributed by atoms with E-state index in [1.54, 1.807) is 7.11 Å². The summed E-state index contributed by atoms with van der Waals surface area (Å²) in [5.41, 5.74) is 6.68. The zero-order valence-electron chi connectivity index (χ0n) is 25.9. The van der Waals surface area contributed by atoms with Crippen molar-refractivity contribution >= 4 is 11.9 Å². The molecule has 3 amide bonds. The van der Waals surface area contributed by atoms with E-state index >= 15 is 0 Å². The van der Waals surface area contributed by atoms with Gasteiger partial charge in [-0.05, 0) is 90.0 Å². The van der Waals surface area contributed by atoms with Gasteiger partial charge in [0.05, 0.1) is 7.11 Å². The third kappa shape index (κ3) is 6.97. The van der Waals surface area contributed by atoms with E-state index < -0.39 is 0 Å². The number of rotatable bonds is 8. The maximum atomic E-state index is 13.5. The largest absolute Gasteiger partial charge is 0.497 e. The third-order valence-corrected chi connectivity index (χ3v) is 8.40. The molecular weight excluding hydrogens is 522 g/mol. The lowest BCUT2D eigenvalue weighted by Crippen LogP contribution is -2.52. The molecule has 1 aliphatic heterocycles. The Morgan fingerprint density at radius 3 is 2.43 bits per heavy atom. The molecule has 2 N–H and O–H groups in total. The van der Waals surface area contributed by atoms with Crippen LogP contribution in [-0.4, -0.2) is 36.0 Å². The van der Waals surface area contributed by atoms with E-state index in [1.807, 2.05) is 35.2 Å². The second kappa shape index (κ2) is 11.8. The van der Waals surface area contributed by atoms with Crippen LogP contribution in [0.2, 0.25) is 0 Å². The smallest absolute Gasteiger partial charge is 0.318 e. The fourth-order valence-corrected chi connectivity index (χ4v) is 6.75. The summed E-state index contributed by atoms with van der Waals surface area (Å²) in [4.78, 5) is 28.6. The lowest BCUT2D eigenvalue weighted by molar-refractivity contribution is -0.122. The number of urea groups is 1. The first-order valence-electron chi connectivity index (χ1n) is 15.1. The Morgan fingerprint density at radius 1 is 0.952 bits per heavy atom. The molecule has 5 rings (SSSR count). The van der Waals surface area contributed by atoms with E-state index in [2.05, 4.69) is 81.7 Å². The zero-order valence-corrected chi connectivity index (χ0v) is 25.9. The summed E-state index contributed by atoms with van der Waals surface area (Å²) in [5.74, 6) is 1.23. The molecule has 0 spiro atoms. The van der Waals surface area contributed by atoms with Crippen LogP contribution >= 0.6 is 0 Å². The molecular formula is C36H45N3O3. The van der Waals surface area contributed by atoms with Crippen LogP contribution in [0.4, 0.5) is 4.79 Å². The second-order valence-electron chi connectivity index (χ2n) is 13.8. The Bertz CT molecular complexity index is 1440. The molecule has 2 unspecified atom stereocenters. The van der Waals surface area contributed by atoms with Crippen LogP contribution in [0, 0.1) is 11.3 Å². The third-order valence-electron chi connectivity index (χ3n) is 8.40. The van der Waals surface area contributed by atoms with Gasteiger partial charge < -0.3 is 20.3 Å². The first-order valence-corrected chi connectivity index (χ1v) is 15.1. The Labute approximate surface area is 250 Å². The highest BCUT2D eigenvalue weighted by molar-refractivity contribution is 5.83. The van der Waals surface area contributed by atoms with Gasteiger partial charge in [-0.15, -0.1) is 0 Å². The molecule has 3 aromatic rings. The van der Waals surface area contributed by atoms with Gasteiger partial charge in [-0.1, -0.05) is 75.4 Å². The zero-order chi connectivity index (χ0) is 30.1. The van der Waals surface area contributed by atoms with Crippen molar-refractivity contribution in [3.05, 3.63) is 89.0 Å². The minimum Gasteiger partial charge on any atom is -0.497 e. The standard InChI is InChI=1S/C36H45N3O3/c1-35(2,3)23-36(4,5)38-34(41)39-18-17-29-28(25-13-10-14-27(19-25)42-6)16-15-26(32(29)22-39)21-37-33(40)31-20-30(31)24-11-8-7-9-12-24/h7-16,19,30-31H,17-18,20-23H2,1-6H3,(H,37,40)(H,38,41). The molecule has 0 saturated heterocycles. The van der Waals surface area contributed by atoms with E-state index in [0.717, 1.165) is 47.3 Å². The van der Waals surface area contributed by atoms with Crippen LogP contribution in [0.3, 0.4) is 0 Å². The number of fused-ring (bicyclic) bond motifs is 1. The molecule has 1 aliphatic carbocycles. The molecule has 1 saturated carbocycles.